The molecule has 1 unspecified atom stereocenters. The summed E-state index contributed by atoms with van der Waals surface area (Å²) in [5, 5.41) is 9.17. The number of aliphatic hydroxyl groups is 1. The highest BCUT2D eigenvalue weighted by molar-refractivity contribution is 9.10. The minimum atomic E-state index is 0.196. The molecule has 76 valence electrons. The van der Waals surface area contributed by atoms with Crippen LogP contribution in [0.4, 0.5) is 5.82 Å². The number of nitrogens with zero attached hydrogens (tertiary/aromatic N) is 3. The fourth-order valence-corrected chi connectivity index (χ4v) is 2.10. The summed E-state index contributed by atoms with van der Waals surface area (Å²) in [6.07, 6.45) is 3.69. The van der Waals surface area contributed by atoms with Crippen molar-refractivity contribution in [3.8, 4) is 0 Å². The maximum Gasteiger partial charge on any atom is 0.133 e. The van der Waals surface area contributed by atoms with Crippen LogP contribution in [-0.4, -0.2) is 34.3 Å². The van der Waals surface area contributed by atoms with E-state index in [0.29, 0.717) is 0 Å². The summed E-state index contributed by atoms with van der Waals surface area (Å²) in [6, 6.07) is 2.10. The first-order valence-corrected chi connectivity index (χ1v) is 5.45. The van der Waals surface area contributed by atoms with Crippen molar-refractivity contribution in [2.24, 2.45) is 0 Å². The van der Waals surface area contributed by atoms with Crippen molar-refractivity contribution < 1.29 is 5.11 Å². The van der Waals surface area contributed by atoms with Crippen LogP contribution in [0.5, 0.6) is 0 Å². The van der Waals surface area contributed by atoms with E-state index in [1.807, 2.05) is 6.07 Å². The third-order valence-electron chi connectivity index (χ3n) is 2.50. The molecule has 1 aliphatic rings. The monoisotopic (exact) mass is 257 g/mol. The van der Waals surface area contributed by atoms with Crippen molar-refractivity contribution in [1.82, 2.24) is 9.97 Å². The number of aliphatic hydroxyl groups excluding tert-OH is 1. The van der Waals surface area contributed by atoms with Crippen LogP contribution in [0.2, 0.25) is 0 Å². The fraction of sp³-hybridized carbons (Fsp3) is 0.556. The number of rotatable bonds is 2. The van der Waals surface area contributed by atoms with Gasteiger partial charge in [0, 0.05) is 12.6 Å². The van der Waals surface area contributed by atoms with E-state index in [1.54, 1.807) is 0 Å². The third-order valence-corrected chi connectivity index (χ3v) is 2.94. The first-order valence-electron chi connectivity index (χ1n) is 4.66. The molecule has 1 aromatic heterocycles. The Morgan fingerprint density at radius 3 is 3.14 bits per heavy atom. The van der Waals surface area contributed by atoms with Crippen molar-refractivity contribution in [2.75, 3.05) is 18.1 Å². The number of halogens is 1. The number of hydrogen-bond donors (Lipinski definition) is 1. The smallest absolute Gasteiger partial charge is 0.133 e. The van der Waals surface area contributed by atoms with Gasteiger partial charge < -0.3 is 10.0 Å². The molecule has 0 bridgehead atoms. The number of anilines is 1. The molecule has 1 fully saturated rings. The van der Waals surface area contributed by atoms with Gasteiger partial charge >= 0.3 is 0 Å². The van der Waals surface area contributed by atoms with Crippen molar-refractivity contribution in [3.05, 3.63) is 17.0 Å². The Bertz CT molecular complexity index is 321. The minimum Gasteiger partial charge on any atom is -0.394 e. The number of hydrogen-bond acceptors (Lipinski definition) is 4. The summed E-state index contributed by atoms with van der Waals surface area (Å²) < 4.78 is 0.783. The summed E-state index contributed by atoms with van der Waals surface area (Å²) >= 11 is 3.31. The Labute approximate surface area is 91.1 Å². The Balaban J connectivity index is 2.21. The van der Waals surface area contributed by atoms with Gasteiger partial charge in [0.25, 0.3) is 0 Å². The largest absolute Gasteiger partial charge is 0.394 e. The number of aromatic nitrogens is 2. The Hall–Kier alpha value is -0.680. The van der Waals surface area contributed by atoms with Crippen molar-refractivity contribution >= 4 is 21.7 Å². The van der Waals surface area contributed by atoms with Crippen LogP contribution in [0, 0.1) is 0 Å². The zero-order valence-corrected chi connectivity index (χ0v) is 9.31. The normalized spacial score (nSPS) is 21.6. The molecule has 0 radical (unpaired) electrons. The topological polar surface area (TPSA) is 49.2 Å². The van der Waals surface area contributed by atoms with Crippen LogP contribution < -0.4 is 4.90 Å². The lowest BCUT2D eigenvalue weighted by Gasteiger charge is -2.23. The minimum absolute atomic E-state index is 0.196. The quantitative estimate of drug-likeness (QED) is 0.810. The van der Waals surface area contributed by atoms with Gasteiger partial charge in [0.1, 0.15) is 16.7 Å². The van der Waals surface area contributed by atoms with Gasteiger partial charge in [0.15, 0.2) is 0 Å². The fourth-order valence-electron chi connectivity index (χ4n) is 1.81. The molecule has 0 saturated carbocycles. The SMILES string of the molecule is OCC1CCCN1c1cc(Br)ncn1. The second-order valence-electron chi connectivity index (χ2n) is 3.37. The maximum absolute atomic E-state index is 9.17. The highest BCUT2D eigenvalue weighted by atomic mass is 79.9. The zero-order chi connectivity index (χ0) is 9.97. The van der Waals surface area contributed by atoms with E-state index in [4.69, 9.17) is 0 Å². The van der Waals surface area contributed by atoms with Gasteiger partial charge in [0.2, 0.25) is 0 Å². The summed E-state index contributed by atoms with van der Waals surface area (Å²) in [5.74, 6) is 0.892. The zero-order valence-electron chi connectivity index (χ0n) is 7.73. The van der Waals surface area contributed by atoms with E-state index >= 15 is 0 Å². The third kappa shape index (κ3) is 1.88. The predicted octanol–water partition coefficient (Wildman–Crippen LogP) is 1.20. The maximum atomic E-state index is 9.17. The van der Waals surface area contributed by atoms with E-state index in [1.165, 1.54) is 6.33 Å². The van der Waals surface area contributed by atoms with Crippen molar-refractivity contribution in [1.29, 1.82) is 0 Å². The Kier molecular flexibility index (Phi) is 2.98. The second-order valence-corrected chi connectivity index (χ2v) is 4.18. The molecule has 1 N–H and O–H groups in total. The molecular formula is C9H12BrN3O. The van der Waals surface area contributed by atoms with Crippen LogP contribution >= 0.6 is 15.9 Å². The molecule has 1 atom stereocenters. The molecule has 1 saturated heterocycles. The van der Waals surface area contributed by atoms with Gasteiger partial charge in [0.05, 0.1) is 12.6 Å². The lowest BCUT2D eigenvalue weighted by molar-refractivity contribution is 0.266. The van der Waals surface area contributed by atoms with E-state index < -0.39 is 0 Å². The Morgan fingerprint density at radius 1 is 1.57 bits per heavy atom. The first kappa shape index (κ1) is 9.86. The van der Waals surface area contributed by atoms with Gasteiger partial charge in [-0.2, -0.15) is 0 Å². The van der Waals surface area contributed by atoms with Crippen LogP contribution in [0.1, 0.15) is 12.8 Å². The average Bonchev–Trinajstić information content (AvgIpc) is 2.65. The van der Waals surface area contributed by atoms with Crippen LogP contribution in [-0.2, 0) is 0 Å². The predicted molar refractivity (Wildman–Crippen MR) is 57.2 cm³/mol. The summed E-state index contributed by atoms with van der Waals surface area (Å²) in [6.45, 7) is 1.16. The summed E-state index contributed by atoms with van der Waals surface area (Å²) in [4.78, 5) is 10.3. The second kappa shape index (κ2) is 4.23. The van der Waals surface area contributed by atoms with E-state index in [-0.39, 0.29) is 12.6 Å². The van der Waals surface area contributed by atoms with Crippen LogP contribution in [0.3, 0.4) is 0 Å². The molecular weight excluding hydrogens is 246 g/mol. The van der Waals surface area contributed by atoms with Crippen LogP contribution in [0.25, 0.3) is 0 Å². The molecule has 0 aliphatic carbocycles. The summed E-state index contributed by atoms with van der Waals surface area (Å²) in [7, 11) is 0. The van der Waals surface area contributed by atoms with Crippen molar-refractivity contribution in [3.63, 3.8) is 0 Å². The highest BCUT2D eigenvalue weighted by Crippen LogP contribution is 2.24. The lowest BCUT2D eigenvalue weighted by Crippen LogP contribution is -2.32. The molecule has 2 heterocycles. The molecule has 1 aliphatic heterocycles. The van der Waals surface area contributed by atoms with Gasteiger partial charge in [-0.3, -0.25) is 0 Å². The molecule has 4 nitrogen and oxygen atoms in total. The van der Waals surface area contributed by atoms with E-state index in [0.717, 1.165) is 29.8 Å². The van der Waals surface area contributed by atoms with Crippen LogP contribution in [0.15, 0.2) is 17.0 Å². The van der Waals surface area contributed by atoms with Gasteiger partial charge in [-0.15, -0.1) is 0 Å². The molecule has 0 spiro atoms. The Morgan fingerprint density at radius 2 is 2.43 bits per heavy atom. The van der Waals surface area contributed by atoms with Gasteiger partial charge in [-0.1, -0.05) is 0 Å². The van der Waals surface area contributed by atoms with E-state index in [2.05, 4.69) is 30.8 Å². The molecule has 1 aromatic rings. The van der Waals surface area contributed by atoms with Gasteiger partial charge in [-0.05, 0) is 28.8 Å². The van der Waals surface area contributed by atoms with Gasteiger partial charge in [-0.25, -0.2) is 9.97 Å². The average molecular weight is 258 g/mol. The van der Waals surface area contributed by atoms with E-state index in [9.17, 15) is 5.11 Å². The standard InChI is InChI=1S/C9H12BrN3O/c10-8-4-9(12-6-11-8)13-3-1-2-7(13)5-14/h4,6-7,14H,1-3,5H2. The molecule has 2 rings (SSSR count). The highest BCUT2D eigenvalue weighted by Gasteiger charge is 2.24. The molecule has 5 heteroatoms. The first-order chi connectivity index (χ1) is 6.81. The molecule has 0 amide bonds. The molecule has 14 heavy (non-hydrogen) atoms. The molecule has 0 aromatic carbocycles. The lowest BCUT2D eigenvalue weighted by atomic mass is 10.2. The van der Waals surface area contributed by atoms with Crippen molar-refractivity contribution in [2.45, 2.75) is 18.9 Å². The summed E-state index contributed by atoms with van der Waals surface area (Å²) in [5.41, 5.74) is 0.